The van der Waals surface area contributed by atoms with Gasteiger partial charge in [-0.05, 0) is 61.3 Å². The maximum atomic E-state index is 14.2. The summed E-state index contributed by atoms with van der Waals surface area (Å²) in [5.74, 6) is -3.99. The lowest BCUT2D eigenvalue weighted by Gasteiger charge is -2.38. The highest BCUT2D eigenvalue weighted by Crippen LogP contribution is 2.65. The van der Waals surface area contributed by atoms with Crippen molar-refractivity contribution in [2.24, 2.45) is 28.6 Å². The van der Waals surface area contributed by atoms with Crippen molar-refractivity contribution in [3.05, 3.63) is 35.9 Å². The number of ether oxygens (including phenoxy) is 1. The molecule has 6 amide bonds. The molecule has 14 heteroatoms. The highest BCUT2D eigenvalue weighted by molar-refractivity contribution is 6.38. The first-order valence-electron chi connectivity index (χ1n) is 18.0. The predicted molar refractivity (Wildman–Crippen MR) is 192 cm³/mol. The lowest BCUT2D eigenvalue weighted by atomic mass is 9.85. The highest BCUT2D eigenvalue weighted by Gasteiger charge is 2.70. The normalized spacial score (nSPS) is 22.1. The van der Waals surface area contributed by atoms with Crippen LogP contribution < -0.4 is 21.3 Å². The number of rotatable bonds is 13. The van der Waals surface area contributed by atoms with Crippen LogP contribution in [0, 0.1) is 28.6 Å². The van der Waals surface area contributed by atoms with E-state index in [0.717, 1.165) is 12.8 Å². The molecule has 4 N–H and O–H groups in total. The molecule has 1 saturated heterocycles. The van der Waals surface area contributed by atoms with Crippen LogP contribution in [0.2, 0.25) is 0 Å². The number of alkyl carbamates (subject to hydrolysis) is 1. The average molecular weight is 725 g/mol. The molecule has 286 valence electrons. The van der Waals surface area contributed by atoms with Crippen LogP contribution in [0.4, 0.5) is 4.79 Å². The van der Waals surface area contributed by atoms with E-state index in [-0.39, 0.29) is 35.5 Å². The first kappa shape index (κ1) is 40.3. The quantitative estimate of drug-likeness (QED) is 0.224. The van der Waals surface area contributed by atoms with Gasteiger partial charge in [0.2, 0.25) is 29.4 Å². The maximum Gasteiger partial charge on any atom is 0.408 e. The Morgan fingerprint density at radius 1 is 0.923 bits per heavy atom. The second kappa shape index (κ2) is 15.2. The second-order valence-electron chi connectivity index (χ2n) is 17.3. The van der Waals surface area contributed by atoms with Gasteiger partial charge in [0.25, 0.3) is 5.91 Å². The Morgan fingerprint density at radius 3 is 2.08 bits per heavy atom. The van der Waals surface area contributed by atoms with Crippen molar-refractivity contribution in [3.8, 4) is 0 Å². The van der Waals surface area contributed by atoms with Gasteiger partial charge in [-0.15, -0.1) is 0 Å². The first-order valence-corrected chi connectivity index (χ1v) is 18.0. The van der Waals surface area contributed by atoms with Gasteiger partial charge >= 0.3 is 6.09 Å². The fourth-order valence-corrected chi connectivity index (χ4v) is 7.04. The van der Waals surface area contributed by atoms with Crippen molar-refractivity contribution in [3.63, 3.8) is 0 Å². The molecule has 0 bridgehead atoms. The molecule has 6 atom stereocenters. The number of piperidine rings is 1. The average Bonchev–Trinajstić information content (AvgIpc) is 3.90. The summed E-state index contributed by atoms with van der Waals surface area (Å²) in [5.41, 5.74) is -1.20. The van der Waals surface area contributed by atoms with Crippen LogP contribution >= 0.6 is 0 Å². The maximum absolute atomic E-state index is 14.2. The zero-order chi connectivity index (χ0) is 38.9. The first-order chi connectivity index (χ1) is 24.0. The molecule has 0 spiro atoms. The van der Waals surface area contributed by atoms with Gasteiger partial charge in [0.15, 0.2) is 0 Å². The van der Waals surface area contributed by atoms with Gasteiger partial charge in [-0.25, -0.2) is 4.79 Å². The van der Waals surface area contributed by atoms with Gasteiger partial charge in [-0.3, -0.25) is 28.8 Å². The predicted octanol–water partition coefficient (Wildman–Crippen LogP) is 2.32. The van der Waals surface area contributed by atoms with E-state index in [1.165, 1.54) is 9.80 Å². The third-order valence-corrected chi connectivity index (χ3v) is 10.2. The van der Waals surface area contributed by atoms with Crippen molar-refractivity contribution in [1.29, 1.82) is 0 Å². The van der Waals surface area contributed by atoms with Crippen LogP contribution in [0.25, 0.3) is 0 Å². The number of nitrogens with one attached hydrogen (secondary N) is 4. The molecule has 2 aliphatic carbocycles. The van der Waals surface area contributed by atoms with E-state index >= 15 is 0 Å². The van der Waals surface area contributed by atoms with Crippen molar-refractivity contribution >= 4 is 41.4 Å². The molecule has 4 rings (SSSR count). The third-order valence-electron chi connectivity index (χ3n) is 10.2. The molecule has 1 heterocycles. The lowest BCUT2D eigenvalue weighted by molar-refractivity contribution is -0.145. The highest BCUT2D eigenvalue weighted by atomic mass is 16.6. The van der Waals surface area contributed by atoms with Crippen LogP contribution in [0.3, 0.4) is 0 Å². The molecule has 14 nitrogen and oxygen atoms in total. The summed E-state index contributed by atoms with van der Waals surface area (Å²) in [4.78, 5) is 96.4. The number of likely N-dealkylation sites (N-methyl/N-ethyl adjacent to an activating group) is 1. The summed E-state index contributed by atoms with van der Waals surface area (Å²) >= 11 is 0. The topological polar surface area (TPSA) is 183 Å². The SMILES string of the molecule is CN(C)C(=O)[C@@H](NC(=O)CNC(=O)C(=O)C(CC1CC1)NC(=O)C1C2C(CN1C(=O)C(NC(=O)OC(C)(C)C)C(C)(C)C)C2(C)C)c1ccccc1. The summed E-state index contributed by atoms with van der Waals surface area (Å²) in [6.45, 7) is 14.4. The Bertz CT molecular complexity index is 1560. The molecule has 1 aromatic carbocycles. The van der Waals surface area contributed by atoms with Gasteiger partial charge in [-0.1, -0.05) is 77.8 Å². The fourth-order valence-electron chi connectivity index (χ4n) is 7.04. The van der Waals surface area contributed by atoms with Crippen LogP contribution in [0.15, 0.2) is 30.3 Å². The molecule has 3 fully saturated rings. The van der Waals surface area contributed by atoms with E-state index in [4.69, 9.17) is 4.74 Å². The number of Topliss-reactive ketones (excluding diaryl/α,β-unsaturated/α-hetero) is 1. The van der Waals surface area contributed by atoms with Crippen molar-refractivity contribution < 1.29 is 38.3 Å². The minimum Gasteiger partial charge on any atom is -0.444 e. The van der Waals surface area contributed by atoms with E-state index in [1.54, 1.807) is 65.2 Å². The molecule has 5 unspecified atom stereocenters. The zero-order valence-corrected chi connectivity index (χ0v) is 32.1. The number of ketones is 1. The monoisotopic (exact) mass is 724 g/mol. The standard InChI is InChI=1S/C38H56N6O8/c1-36(2,3)30(42-35(51)52-37(4,5)6)34(50)44-20-23-26(38(23,7)8)28(44)31(47)40-24(18-21-16-17-21)29(46)32(48)39-19-25(45)41-27(33(49)43(9)10)22-14-12-11-13-15-22/h11-15,21,23-24,26-28,30H,16-20H2,1-10H3,(H,39,48)(H,40,47)(H,41,45)(H,42,51)/t23?,24?,26?,27-,28?,30?/m0/s1. The second-order valence-corrected chi connectivity index (χ2v) is 17.3. The summed E-state index contributed by atoms with van der Waals surface area (Å²) in [7, 11) is 3.13. The number of fused-ring (bicyclic) bond motifs is 1. The largest absolute Gasteiger partial charge is 0.444 e. The molecule has 3 aliphatic rings. The Labute approximate surface area is 306 Å². The number of carbonyl (C=O) groups is 7. The summed E-state index contributed by atoms with van der Waals surface area (Å²) < 4.78 is 5.43. The van der Waals surface area contributed by atoms with Gasteiger partial charge in [0, 0.05) is 20.6 Å². The Hall–Kier alpha value is -4.49. The van der Waals surface area contributed by atoms with E-state index in [9.17, 15) is 33.6 Å². The summed E-state index contributed by atoms with van der Waals surface area (Å²) in [6, 6.07) is 4.55. The minimum atomic E-state index is -1.17. The van der Waals surface area contributed by atoms with Crippen LogP contribution in [0.1, 0.15) is 86.3 Å². The molecule has 1 aromatic rings. The number of likely N-dealkylation sites (tertiary alicyclic amines) is 1. The van der Waals surface area contributed by atoms with E-state index in [0.29, 0.717) is 12.1 Å². The number of hydrogen-bond acceptors (Lipinski definition) is 8. The summed E-state index contributed by atoms with van der Waals surface area (Å²) in [6.07, 6.45) is 1.18. The minimum absolute atomic E-state index is 0.0350. The fraction of sp³-hybridized carbons (Fsp3) is 0.658. The number of nitrogens with zero attached hydrogens (tertiary/aromatic N) is 2. The van der Waals surface area contributed by atoms with E-state index in [2.05, 4.69) is 21.3 Å². The van der Waals surface area contributed by atoms with Gasteiger partial charge in [-0.2, -0.15) is 0 Å². The summed E-state index contributed by atoms with van der Waals surface area (Å²) in [5, 5.41) is 10.5. The molecular weight excluding hydrogens is 668 g/mol. The van der Waals surface area contributed by atoms with Crippen LogP contribution in [-0.4, -0.2) is 102 Å². The molecular formula is C38H56N6O8. The number of amides is 6. The van der Waals surface area contributed by atoms with Gasteiger partial charge < -0.3 is 35.8 Å². The van der Waals surface area contributed by atoms with E-state index < -0.39 is 77.2 Å². The zero-order valence-electron chi connectivity index (χ0n) is 32.1. The Kier molecular flexibility index (Phi) is 11.8. The van der Waals surface area contributed by atoms with Crippen LogP contribution in [-0.2, 0) is 33.5 Å². The Balaban J connectivity index is 1.46. The Morgan fingerprint density at radius 2 is 1.54 bits per heavy atom. The lowest BCUT2D eigenvalue weighted by Crippen LogP contribution is -2.61. The van der Waals surface area contributed by atoms with Crippen molar-refractivity contribution in [2.75, 3.05) is 27.2 Å². The molecule has 2 saturated carbocycles. The number of carbonyl (C=O) groups excluding carboxylic acids is 7. The smallest absolute Gasteiger partial charge is 0.408 e. The third kappa shape index (κ3) is 9.68. The number of benzene rings is 1. The number of hydrogen-bond donors (Lipinski definition) is 4. The molecule has 0 aromatic heterocycles. The van der Waals surface area contributed by atoms with Crippen molar-refractivity contribution in [2.45, 2.75) is 104 Å². The van der Waals surface area contributed by atoms with E-state index in [1.807, 2.05) is 34.6 Å². The molecule has 1 aliphatic heterocycles. The van der Waals surface area contributed by atoms with Crippen LogP contribution in [0.5, 0.6) is 0 Å². The molecule has 0 radical (unpaired) electrons. The molecule has 52 heavy (non-hydrogen) atoms. The van der Waals surface area contributed by atoms with Crippen molar-refractivity contribution in [1.82, 2.24) is 31.1 Å². The van der Waals surface area contributed by atoms with Gasteiger partial charge in [0.1, 0.15) is 23.7 Å². The van der Waals surface area contributed by atoms with Gasteiger partial charge in [0.05, 0.1) is 12.6 Å².